The van der Waals surface area contributed by atoms with Crippen LogP contribution in [-0.4, -0.2) is 54.5 Å². The molecule has 0 N–H and O–H groups in total. The number of hydrogen-bond acceptors (Lipinski definition) is 2. The topological polar surface area (TPSA) is 26.3 Å². The molecule has 0 amide bonds. The van der Waals surface area contributed by atoms with Crippen molar-refractivity contribution in [2.24, 2.45) is 0 Å². The fourth-order valence-corrected chi connectivity index (χ4v) is 1.61. The van der Waals surface area contributed by atoms with Gasteiger partial charge in [-0.3, -0.25) is 0 Å². The maximum Gasteiger partial charge on any atom is 0.422 e. The normalized spacial score (nSPS) is 15.1. The van der Waals surface area contributed by atoms with Crippen LogP contribution in [0.1, 0.15) is 12.8 Å². The molecular formula is C13H8F16O2. The Balaban J connectivity index is 5.63. The number of esters is 1. The number of halogens is 16. The molecule has 0 aromatic rings. The Morgan fingerprint density at radius 1 is 0.613 bits per heavy atom. The van der Waals surface area contributed by atoms with Gasteiger partial charge in [-0.2, -0.15) is 70.2 Å². The van der Waals surface area contributed by atoms with E-state index in [1.54, 1.807) is 0 Å². The zero-order chi connectivity index (χ0) is 25.5. The Hall–Kier alpha value is -1.91. The van der Waals surface area contributed by atoms with Crippen molar-refractivity contribution in [3.8, 4) is 0 Å². The summed E-state index contributed by atoms with van der Waals surface area (Å²) in [7, 11) is 0. The molecule has 0 aromatic carbocycles. The average Bonchev–Trinajstić information content (AvgIpc) is 2.47. The average molecular weight is 500 g/mol. The first-order valence-corrected chi connectivity index (χ1v) is 7.09. The molecule has 0 fully saturated rings. The van der Waals surface area contributed by atoms with E-state index in [1.165, 1.54) is 0 Å². The highest BCUT2D eigenvalue weighted by atomic mass is 19.4. The summed E-state index contributed by atoms with van der Waals surface area (Å²) < 4.78 is 207. The molecular weight excluding hydrogens is 492 g/mol. The van der Waals surface area contributed by atoms with Crippen molar-refractivity contribution in [1.82, 2.24) is 0 Å². The van der Waals surface area contributed by atoms with Gasteiger partial charge < -0.3 is 4.74 Å². The second-order valence-electron chi connectivity index (χ2n) is 5.91. The smallest absolute Gasteiger partial charge is 0.422 e. The van der Waals surface area contributed by atoms with Crippen LogP contribution in [0, 0.1) is 0 Å². The summed E-state index contributed by atoms with van der Waals surface area (Å²) in [6.45, 7) is -1.12. The quantitative estimate of drug-likeness (QED) is 0.215. The van der Waals surface area contributed by atoms with Gasteiger partial charge in [-0.05, 0) is 0 Å². The molecule has 0 aliphatic heterocycles. The van der Waals surface area contributed by atoms with Gasteiger partial charge in [-0.1, -0.05) is 6.58 Å². The predicted molar refractivity (Wildman–Crippen MR) is 66.2 cm³/mol. The molecule has 0 atom stereocenters. The second-order valence-corrected chi connectivity index (χ2v) is 5.91. The highest BCUT2D eigenvalue weighted by molar-refractivity contribution is 5.89. The maximum atomic E-state index is 13.4. The van der Waals surface area contributed by atoms with Gasteiger partial charge in [0.1, 0.15) is 12.0 Å². The van der Waals surface area contributed by atoms with Gasteiger partial charge >= 0.3 is 47.9 Å². The van der Waals surface area contributed by atoms with Gasteiger partial charge in [0.15, 0.2) is 6.61 Å². The minimum absolute atomic E-state index is 2.01. The third kappa shape index (κ3) is 6.78. The molecule has 0 bridgehead atoms. The first kappa shape index (κ1) is 29.1. The number of ether oxygens (including phenoxy) is 1. The van der Waals surface area contributed by atoms with Crippen LogP contribution in [0.15, 0.2) is 12.2 Å². The van der Waals surface area contributed by atoms with E-state index >= 15 is 0 Å². The van der Waals surface area contributed by atoms with E-state index in [1.807, 2.05) is 6.58 Å². The molecule has 0 spiro atoms. The lowest BCUT2D eigenvalue weighted by atomic mass is 9.94. The van der Waals surface area contributed by atoms with Crippen LogP contribution in [-0.2, 0) is 9.53 Å². The van der Waals surface area contributed by atoms with Crippen molar-refractivity contribution in [3.05, 3.63) is 12.2 Å². The SMILES string of the molecule is C=C(C(=O)OCC(F)(F)C(F)(F)CC(F)(F)C(F)(F)C(F)(F)CC(F)(F)F)C(F)(F)F. The van der Waals surface area contributed by atoms with Crippen LogP contribution >= 0.6 is 0 Å². The van der Waals surface area contributed by atoms with Crippen molar-refractivity contribution < 1.29 is 79.8 Å². The van der Waals surface area contributed by atoms with E-state index in [9.17, 15) is 75.0 Å². The highest BCUT2D eigenvalue weighted by Gasteiger charge is 2.76. The van der Waals surface area contributed by atoms with Crippen LogP contribution in [0.5, 0.6) is 0 Å². The fourth-order valence-electron chi connectivity index (χ4n) is 1.61. The van der Waals surface area contributed by atoms with Crippen molar-refractivity contribution in [2.45, 2.75) is 54.8 Å². The third-order valence-electron chi connectivity index (χ3n) is 3.29. The summed E-state index contributed by atoms with van der Waals surface area (Å²) in [6, 6.07) is 0. The molecule has 0 saturated carbocycles. The summed E-state index contributed by atoms with van der Waals surface area (Å²) in [5.74, 6) is -36.3. The molecule has 0 saturated heterocycles. The Morgan fingerprint density at radius 3 is 1.35 bits per heavy atom. The number of alkyl halides is 16. The zero-order valence-electron chi connectivity index (χ0n) is 14.2. The van der Waals surface area contributed by atoms with Gasteiger partial charge in [0, 0.05) is 0 Å². The first-order chi connectivity index (χ1) is 13.2. The maximum absolute atomic E-state index is 13.4. The molecule has 0 radical (unpaired) electrons. The molecule has 0 heterocycles. The first-order valence-electron chi connectivity index (χ1n) is 7.09. The van der Waals surface area contributed by atoms with Crippen LogP contribution < -0.4 is 0 Å². The summed E-state index contributed by atoms with van der Waals surface area (Å²) in [4.78, 5) is 10.8. The molecule has 0 rings (SSSR count). The monoisotopic (exact) mass is 500 g/mol. The molecule has 0 aromatic heterocycles. The minimum atomic E-state index is -7.23. The van der Waals surface area contributed by atoms with E-state index in [-0.39, 0.29) is 0 Å². The zero-order valence-corrected chi connectivity index (χ0v) is 14.2. The number of rotatable bonds is 9. The largest absolute Gasteiger partial charge is 0.455 e. The van der Waals surface area contributed by atoms with Gasteiger partial charge in [-0.25, -0.2) is 4.79 Å². The van der Waals surface area contributed by atoms with Crippen LogP contribution in [0.3, 0.4) is 0 Å². The summed E-state index contributed by atoms with van der Waals surface area (Å²) in [6.07, 6.45) is -19.9. The molecule has 184 valence electrons. The minimum Gasteiger partial charge on any atom is -0.455 e. The molecule has 0 unspecified atom stereocenters. The van der Waals surface area contributed by atoms with Crippen LogP contribution in [0.25, 0.3) is 0 Å². The van der Waals surface area contributed by atoms with E-state index in [2.05, 4.69) is 4.74 Å². The van der Waals surface area contributed by atoms with Crippen LogP contribution in [0.2, 0.25) is 0 Å². The molecule has 31 heavy (non-hydrogen) atoms. The number of carbonyl (C=O) groups is 1. The van der Waals surface area contributed by atoms with Crippen molar-refractivity contribution >= 4 is 5.97 Å². The standard InChI is InChI=1S/C13H8F16O2/c1-5(12(25,26)27)6(30)31-4-10(20,21)7(14,15)2-8(16,17)13(28,29)9(18,19)3-11(22,23)24/h1-4H2. The number of carbonyl (C=O) groups excluding carboxylic acids is 1. The summed E-state index contributed by atoms with van der Waals surface area (Å²) >= 11 is 0. The van der Waals surface area contributed by atoms with E-state index in [0.29, 0.717) is 0 Å². The lowest BCUT2D eigenvalue weighted by Gasteiger charge is -2.36. The van der Waals surface area contributed by atoms with Crippen molar-refractivity contribution in [3.63, 3.8) is 0 Å². The van der Waals surface area contributed by atoms with Gasteiger partial charge in [-0.15, -0.1) is 0 Å². The lowest BCUT2D eigenvalue weighted by molar-refractivity contribution is -0.351. The van der Waals surface area contributed by atoms with Gasteiger partial charge in [0.2, 0.25) is 0 Å². The van der Waals surface area contributed by atoms with Crippen molar-refractivity contribution in [2.75, 3.05) is 6.61 Å². The van der Waals surface area contributed by atoms with E-state index in [4.69, 9.17) is 0 Å². The summed E-state index contributed by atoms with van der Waals surface area (Å²) in [5.41, 5.74) is -2.52. The van der Waals surface area contributed by atoms with E-state index < -0.39 is 73.0 Å². The molecule has 2 nitrogen and oxygen atoms in total. The fraction of sp³-hybridized carbons (Fsp3) is 0.769. The van der Waals surface area contributed by atoms with Gasteiger partial charge in [0.05, 0.1) is 6.42 Å². The Kier molecular flexibility index (Phi) is 7.71. The Bertz CT molecular complexity index is 672. The van der Waals surface area contributed by atoms with E-state index in [0.717, 1.165) is 0 Å². The predicted octanol–water partition coefficient (Wildman–Crippen LogP) is 6.17. The molecule has 0 aliphatic rings. The number of hydrogen-bond donors (Lipinski definition) is 0. The second kappa shape index (κ2) is 8.22. The molecule has 18 heteroatoms. The van der Waals surface area contributed by atoms with Crippen LogP contribution in [0.4, 0.5) is 70.2 Å². The van der Waals surface area contributed by atoms with Crippen molar-refractivity contribution in [1.29, 1.82) is 0 Å². The molecule has 0 aliphatic carbocycles. The third-order valence-corrected chi connectivity index (χ3v) is 3.29. The Labute approximate surface area is 160 Å². The van der Waals surface area contributed by atoms with Gasteiger partial charge in [0.25, 0.3) is 0 Å². The summed E-state index contributed by atoms with van der Waals surface area (Å²) in [5, 5.41) is 0. The Morgan fingerprint density at radius 2 is 1.00 bits per heavy atom. The lowest BCUT2D eigenvalue weighted by Crippen LogP contribution is -2.59. The highest BCUT2D eigenvalue weighted by Crippen LogP contribution is 2.54.